The Labute approximate surface area is 122 Å². The Morgan fingerprint density at radius 1 is 1.30 bits per heavy atom. The molecule has 110 valence electrons. The van der Waals surface area contributed by atoms with Gasteiger partial charge < -0.3 is 10.2 Å². The van der Waals surface area contributed by atoms with Crippen LogP contribution in [0.3, 0.4) is 0 Å². The number of nitrogens with zero attached hydrogens (tertiary/aromatic N) is 1. The molecule has 20 heavy (non-hydrogen) atoms. The number of carbonyl (C=O) groups excluding carboxylic acids is 1. The Balaban J connectivity index is 1.94. The van der Waals surface area contributed by atoms with Crippen LogP contribution in [-0.4, -0.2) is 37.5 Å². The number of carbonyl (C=O) groups is 1. The van der Waals surface area contributed by atoms with E-state index in [4.69, 9.17) is 0 Å². The lowest BCUT2D eigenvalue weighted by Gasteiger charge is -2.24. The largest absolute Gasteiger partial charge is 0.342 e. The van der Waals surface area contributed by atoms with Gasteiger partial charge in [-0.1, -0.05) is 37.3 Å². The highest BCUT2D eigenvalue weighted by Gasteiger charge is 2.24. The zero-order valence-corrected chi connectivity index (χ0v) is 12.6. The van der Waals surface area contributed by atoms with Crippen molar-refractivity contribution in [3.8, 4) is 0 Å². The molecule has 3 heteroatoms. The second-order valence-corrected chi connectivity index (χ2v) is 5.82. The van der Waals surface area contributed by atoms with Crippen molar-refractivity contribution in [1.82, 2.24) is 10.2 Å². The molecule has 1 N–H and O–H groups in total. The van der Waals surface area contributed by atoms with Crippen molar-refractivity contribution in [3.05, 3.63) is 35.9 Å². The Kier molecular flexibility index (Phi) is 5.60. The van der Waals surface area contributed by atoms with Gasteiger partial charge in [-0.25, -0.2) is 0 Å². The molecule has 1 aromatic carbocycles. The lowest BCUT2D eigenvalue weighted by atomic mass is 9.92. The second kappa shape index (κ2) is 7.44. The molecule has 0 bridgehead atoms. The number of likely N-dealkylation sites (tertiary alicyclic amines) is 1. The molecule has 2 atom stereocenters. The minimum absolute atomic E-state index is 0.0771. The Hall–Kier alpha value is -1.35. The van der Waals surface area contributed by atoms with E-state index in [-0.39, 0.29) is 5.92 Å². The fraction of sp³-hybridized carbons (Fsp3) is 0.588. The van der Waals surface area contributed by atoms with Crippen LogP contribution in [0.15, 0.2) is 30.3 Å². The third kappa shape index (κ3) is 3.83. The van der Waals surface area contributed by atoms with E-state index in [9.17, 15) is 4.79 Å². The van der Waals surface area contributed by atoms with E-state index in [0.717, 1.165) is 32.5 Å². The first kappa shape index (κ1) is 15.0. The minimum Gasteiger partial charge on any atom is -0.342 e. The van der Waals surface area contributed by atoms with Gasteiger partial charge in [0.25, 0.3) is 0 Å². The SMILES string of the molecule is CNCC(C)C(=O)N1CCCC(c2ccccc2)CC1. The van der Waals surface area contributed by atoms with Crippen LogP contribution >= 0.6 is 0 Å². The van der Waals surface area contributed by atoms with Crippen molar-refractivity contribution >= 4 is 5.91 Å². The summed E-state index contributed by atoms with van der Waals surface area (Å²) in [6, 6.07) is 10.7. The van der Waals surface area contributed by atoms with Gasteiger partial charge >= 0.3 is 0 Å². The summed E-state index contributed by atoms with van der Waals surface area (Å²) in [4.78, 5) is 14.4. The molecular formula is C17H26N2O. The summed E-state index contributed by atoms with van der Waals surface area (Å²) in [5.41, 5.74) is 1.42. The topological polar surface area (TPSA) is 32.3 Å². The molecule has 2 unspecified atom stereocenters. The van der Waals surface area contributed by atoms with E-state index in [2.05, 4.69) is 40.5 Å². The molecule has 0 aliphatic carbocycles. The highest BCUT2D eigenvalue weighted by molar-refractivity contribution is 5.78. The van der Waals surface area contributed by atoms with Crippen molar-refractivity contribution in [1.29, 1.82) is 0 Å². The third-order valence-corrected chi connectivity index (χ3v) is 4.24. The summed E-state index contributed by atoms with van der Waals surface area (Å²) in [7, 11) is 1.90. The van der Waals surface area contributed by atoms with Gasteiger partial charge in [0.1, 0.15) is 0 Å². The van der Waals surface area contributed by atoms with Gasteiger partial charge in [0.15, 0.2) is 0 Å². The smallest absolute Gasteiger partial charge is 0.226 e. The van der Waals surface area contributed by atoms with E-state index < -0.39 is 0 Å². The second-order valence-electron chi connectivity index (χ2n) is 5.82. The van der Waals surface area contributed by atoms with Crippen LogP contribution in [0.2, 0.25) is 0 Å². The van der Waals surface area contributed by atoms with Gasteiger partial charge in [-0.3, -0.25) is 4.79 Å². The standard InChI is InChI=1S/C17H26N2O/c1-14(13-18-2)17(20)19-11-6-9-16(10-12-19)15-7-4-3-5-8-15/h3-5,7-8,14,16,18H,6,9-13H2,1-2H3. The molecule has 0 aromatic heterocycles. The molecule has 1 saturated heterocycles. The summed E-state index contributed by atoms with van der Waals surface area (Å²) in [5.74, 6) is 0.981. The predicted molar refractivity (Wildman–Crippen MR) is 82.7 cm³/mol. The molecule has 1 aliphatic rings. The molecule has 1 fully saturated rings. The molecule has 2 rings (SSSR count). The lowest BCUT2D eigenvalue weighted by Crippen LogP contribution is -2.39. The summed E-state index contributed by atoms with van der Waals surface area (Å²) >= 11 is 0. The first-order valence-electron chi connectivity index (χ1n) is 7.70. The normalized spacial score (nSPS) is 21.3. The molecule has 0 spiro atoms. The van der Waals surface area contributed by atoms with Gasteiger partial charge in [0.2, 0.25) is 5.91 Å². The maximum Gasteiger partial charge on any atom is 0.226 e. The summed E-state index contributed by atoms with van der Waals surface area (Å²) in [5, 5.41) is 3.09. The Morgan fingerprint density at radius 2 is 2.05 bits per heavy atom. The molecule has 0 radical (unpaired) electrons. The van der Waals surface area contributed by atoms with Crippen LogP contribution in [0.4, 0.5) is 0 Å². The number of hydrogen-bond donors (Lipinski definition) is 1. The van der Waals surface area contributed by atoms with Gasteiger partial charge in [-0.2, -0.15) is 0 Å². The minimum atomic E-state index is 0.0771. The number of benzene rings is 1. The number of nitrogens with one attached hydrogen (secondary N) is 1. The summed E-state index contributed by atoms with van der Waals surface area (Å²) in [6.45, 7) is 4.58. The third-order valence-electron chi connectivity index (χ3n) is 4.24. The van der Waals surface area contributed by atoms with Crippen LogP contribution in [-0.2, 0) is 4.79 Å². The van der Waals surface area contributed by atoms with Crippen molar-refractivity contribution in [3.63, 3.8) is 0 Å². The summed E-state index contributed by atoms with van der Waals surface area (Å²) < 4.78 is 0. The average molecular weight is 274 g/mol. The Morgan fingerprint density at radius 3 is 2.75 bits per heavy atom. The maximum atomic E-state index is 12.4. The molecule has 1 aromatic rings. The van der Waals surface area contributed by atoms with Crippen molar-refractivity contribution < 1.29 is 4.79 Å². The fourth-order valence-corrected chi connectivity index (χ4v) is 3.08. The van der Waals surface area contributed by atoms with Crippen LogP contribution in [0.1, 0.15) is 37.7 Å². The predicted octanol–water partition coefficient (Wildman–Crippen LogP) is 2.64. The first-order chi connectivity index (χ1) is 9.72. The van der Waals surface area contributed by atoms with E-state index in [1.807, 2.05) is 14.0 Å². The zero-order chi connectivity index (χ0) is 14.4. The lowest BCUT2D eigenvalue weighted by molar-refractivity contribution is -0.134. The number of hydrogen-bond acceptors (Lipinski definition) is 2. The van der Waals surface area contributed by atoms with E-state index in [1.54, 1.807) is 0 Å². The average Bonchev–Trinajstić information content (AvgIpc) is 2.73. The van der Waals surface area contributed by atoms with Gasteiger partial charge in [0.05, 0.1) is 0 Å². The van der Waals surface area contributed by atoms with Crippen LogP contribution in [0.5, 0.6) is 0 Å². The van der Waals surface area contributed by atoms with Crippen LogP contribution < -0.4 is 5.32 Å². The summed E-state index contributed by atoms with van der Waals surface area (Å²) in [6.07, 6.45) is 3.38. The number of rotatable bonds is 4. The number of amides is 1. The van der Waals surface area contributed by atoms with E-state index >= 15 is 0 Å². The Bertz CT molecular complexity index is 418. The monoisotopic (exact) mass is 274 g/mol. The van der Waals surface area contributed by atoms with Gasteiger partial charge in [-0.05, 0) is 37.8 Å². The molecular weight excluding hydrogens is 248 g/mol. The van der Waals surface area contributed by atoms with E-state index in [0.29, 0.717) is 11.8 Å². The first-order valence-corrected chi connectivity index (χ1v) is 7.70. The van der Waals surface area contributed by atoms with Crippen LogP contribution in [0.25, 0.3) is 0 Å². The molecule has 3 nitrogen and oxygen atoms in total. The maximum absolute atomic E-state index is 12.4. The molecule has 1 aliphatic heterocycles. The zero-order valence-electron chi connectivity index (χ0n) is 12.6. The highest BCUT2D eigenvalue weighted by atomic mass is 16.2. The van der Waals surface area contributed by atoms with Gasteiger partial charge in [0, 0.05) is 25.6 Å². The van der Waals surface area contributed by atoms with E-state index in [1.165, 1.54) is 12.0 Å². The van der Waals surface area contributed by atoms with Crippen molar-refractivity contribution in [2.45, 2.75) is 32.1 Å². The van der Waals surface area contributed by atoms with Crippen LogP contribution in [0, 0.1) is 5.92 Å². The molecule has 1 amide bonds. The highest BCUT2D eigenvalue weighted by Crippen LogP contribution is 2.28. The van der Waals surface area contributed by atoms with Gasteiger partial charge in [-0.15, -0.1) is 0 Å². The molecule has 1 heterocycles. The fourth-order valence-electron chi connectivity index (χ4n) is 3.08. The quantitative estimate of drug-likeness (QED) is 0.915. The molecule has 0 saturated carbocycles. The van der Waals surface area contributed by atoms with Crippen molar-refractivity contribution in [2.75, 3.05) is 26.7 Å². The van der Waals surface area contributed by atoms with Crippen molar-refractivity contribution in [2.24, 2.45) is 5.92 Å².